The zero-order chi connectivity index (χ0) is 15.7. The monoisotopic (exact) mass is 291 g/mol. The van der Waals surface area contributed by atoms with Gasteiger partial charge in [0.1, 0.15) is 5.82 Å². The van der Waals surface area contributed by atoms with Gasteiger partial charge in [-0.05, 0) is 55.8 Å². The second-order valence-corrected chi connectivity index (χ2v) is 5.42. The Balaban J connectivity index is 1.88. The van der Waals surface area contributed by atoms with Crippen molar-refractivity contribution in [3.8, 4) is 11.4 Å². The minimum Gasteiger partial charge on any atom is -0.338 e. The van der Waals surface area contributed by atoms with Crippen molar-refractivity contribution in [2.45, 2.75) is 13.8 Å². The molecule has 2 N–H and O–H groups in total. The van der Waals surface area contributed by atoms with E-state index in [9.17, 15) is 4.79 Å². The van der Waals surface area contributed by atoms with E-state index in [1.807, 2.05) is 36.4 Å². The van der Waals surface area contributed by atoms with Crippen LogP contribution in [0.2, 0.25) is 0 Å². The van der Waals surface area contributed by atoms with Crippen LogP contribution in [0.5, 0.6) is 0 Å². The predicted octanol–water partition coefficient (Wildman–Crippen LogP) is 4.05. The van der Waals surface area contributed by atoms with E-state index < -0.39 is 0 Å². The van der Waals surface area contributed by atoms with Crippen LogP contribution in [0.4, 0.5) is 5.69 Å². The van der Waals surface area contributed by atoms with Crippen LogP contribution in [0, 0.1) is 6.92 Å². The molecule has 0 saturated carbocycles. The minimum atomic E-state index is -0.174. The number of aromatic nitrogens is 2. The quantitative estimate of drug-likeness (QED) is 0.715. The van der Waals surface area contributed by atoms with Crippen molar-refractivity contribution < 1.29 is 4.79 Å². The van der Waals surface area contributed by atoms with Gasteiger partial charge in [-0.25, -0.2) is 4.98 Å². The summed E-state index contributed by atoms with van der Waals surface area (Å²) in [7, 11) is 0. The molecule has 1 aromatic heterocycles. The van der Waals surface area contributed by atoms with Crippen molar-refractivity contribution in [1.82, 2.24) is 9.97 Å². The fraction of sp³-hybridized carbons (Fsp3) is 0.111. The molecule has 0 aliphatic heterocycles. The van der Waals surface area contributed by atoms with Gasteiger partial charge in [-0.15, -0.1) is 0 Å². The van der Waals surface area contributed by atoms with E-state index in [1.165, 1.54) is 5.56 Å². The molecule has 0 aliphatic rings. The Bertz CT molecular complexity index is 860. The van der Waals surface area contributed by atoms with E-state index in [0.717, 1.165) is 28.1 Å². The van der Waals surface area contributed by atoms with Gasteiger partial charge in [0, 0.05) is 16.8 Å². The van der Waals surface area contributed by atoms with Crippen molar-refractivity contribution in [3.63, 3.8) is 0 Å². The summed E-state index contributed by atoms with van der Waals surface area (Å²) in [5.41, 5.74) is 5.36. The molecule has 110 valence electrons. The summed E-state index contributed by atoms with van der Waals surface area (Å²) in [5.74, 6) is 0.644. The molecule has 0 aliphatic carbocycles. The number of nitrogens with zero attached hydrogens (tertiary/aromatic N) is 1. The van der Waals surface area contributed by atoms with Gasteiger partial charge in [-0.3, -0.25) is 4.79 Å². The predicted molar refractivity (Wildman–Crippen MR) is 89.7 cm³/mol. The molecule has 1 heterocycles. The van der Waals surface area contributed by atoms with Crippen LogP contribution in [0.15, 0.2) is 54.6 Å². The number of anilines is 1. The molecule has 4 heteroatoms. The first kappa shape index (κ1) is 14.1. The number of H-pyrrole nitrogens is 1. The minimum absolute atomic E-state index is 0.174. The zero-order valence-electron chi connectivity index (χ0n) is 12.6. The van der Waals surface area contributed by atoms with Crippen LogP contribution < -0.4 is 5.32 Å². The Morgan fingerprint density at radius 2 is 1.91 bits per heavy atom. The molecular formula is C18H17N3O. The van der Waals surface area contributed by atoms with Crippen LogP contribution in [-0.2, 0) is 4.79 Å². The molecule has 0 spiro atoms. The first-order valence-corrected chi connectivity index (χ1v) is 7.06. The number of carbonyl (C=O) groups is 1. The maximum atomic E-state index is 11.6. The third-order valence-corrected chi connectivity index (χ3v) is 3.44. The summed E-state index contributed by atoms with van der Waals surface area (Å²) in [6, 6.07) is 13.7. The average molecular weight is 291 g/mol. The van der Waals surface area contributed by atoms with E-state index >= 15 is 0 Å². The molecular weight excluding hydrogens is 274 g/mol. The molecule has 0 unspecified atom stereocenters. The molecule has 0 radical (unpaired) electrons. The highest BCUT2D eigenvalue weighted by Crippen LogP contribution is 2.22. The third-order valence-electron chi connectivity index (χ3n) is 3.44. The lowest BCUT2D eigenvalue weighted by atomic mass is 10.2. The maximum Gasteiger partial charge on any atom is 0.250 e. The molecule has 0 bridgehead atoms. The number of hydrogen-bond acceptors (Lipinski definition) is 2. The second-order valence-electron chi connectivity index (χ2n) is 5.42. The number of amides is 1. The van der Waals surface area contributed by atoms with Gasteiger partial charge < -0.3 is 10.3 Å². The summed E-state index contributed by atoms with van der Waals surface area (Å²) in [5, 5.41) is 2.79. The van der Waals surface area contributed by atoms with Gasteiger partial charge in [0.2, 0.25) is 0 Å². The van der Waals surface area contributed by atoms with Crippen molar-refractivity contribution in [1.29, 1.82) is 0 Å². The topological polar surface area (TPSA) is 57.8 Å². The summed E-state index contributed by atoms with van der Waals surface area (Å²) < 4.78 is 0. The van der Waals surface area contributed by atoms with Gasteiger partial charge >= 0.3 is 0 Å². The van der Waals surface area contributed by atoms with Crippen LogP contribution in [0.3, 0.4) is 0 Å². The highest BCUT2D eigenvalue weighted by Gasteiger charge is 2.07. The first-order valence-electron chi connectivity index (χ1n) is 7.06. The molecule has 0 saturated heterocycles. The highest BCUT2D eigenvalue weighted by atomic mass is 16.1. The standard InChI is InChI=1S/C18H17N3O/c1-11(2)18(22)19-14-7-5-13(6-8-14)17-20-15-9-4-12(3)10-16(15)21-17/h4-10H,1H2,2-3H3,(H,19,22)(H,20,21). The lowest BCUT2D eigenvalue weighted by molar-refractivity contribution is -0.112. The van der Waals surface area contributed by atoms with Crippen molar-refractivity contribution in [3.05, 3.63) is 60.2 Å². The van der Waals surface area contributed by atoms with Crippen LogP contribution >= 0.6 is 0 Å². The number of carbonyl (C=O) groups excluding carboxylic acids is 1. The fourth-order valence-corrected chi connectivity index (χ4v) is 2.21. The van der Waals surface area contributed by atoms with E-state index in [-0.39, 0.29) is 5.91 Å². The lowest BCUT2D eigenvalue weighted by Crippen LogP contribution is -2.11. The van der Waals surface area contributed by atoms with Crippen LogP contribution in [0.1, 0.15) is 12.5 Å². The fourth-order valence-electron chi connectivity index (χ4n) is 2.21. The normalized spacial score (nSPS) is 10.6. The Hall–Kier alpha value is -2.88. The number of imidazole rings is 1. The smallest absolute Gasteiger partial charge is 0.250 e. The SMILES string of the molecule is C=C(C)C(=O)Nc1ccc(-c2nc3ccc(C)cc3[nH]2)cc1. The van der Waals surface area contributed by atoms with Gasteiger partial charge in [0.05, 0.1) is 11.0 Å². The van der Waals surface area contributed by atoms with Crippen LogP contribution in [-0.4, -0.2) is 15.9 Å². The molecule has 0 fully saturated rings. The van der Waals surface area contributed by atoms with Crippen molar-refractivity contribution in [2.75, 3.05) is 5.32 Å². The average Bonchev–Trinajstić information content (AvgIpc) is 2.90. The Morgan fingerprint density at radius 3 is 2.59 bits per heavy atom. The largest absolute Gasteiger partial charge is 0.338 e. The number of fused-ring (bicyclic) bond motifs is 1. The van der Waals surface area contributed by atoms with Gasteiger partial charge in [-0.2, -0.15) is 0 Å². The van der Waals surface area contributed by atoms with Gasteiger partial charge in [0.25, 0.3) is 5.91 Å². The molecule has 1 amide bonds. The van der Waals surface area contributed by atoms with Gasteiger partial charge in [-0.1, -0.05) is 12.6 Å². The van der Waals surface area contributed by atoms with Gasteiger partial charge in [0.15, 0.2) is 0 Å². The van der Waals surface area contributed by atoms with E-state index in [2.05, 4.69) is 34.9 Å². The number of nitrogens with one attached hydrogen (secondary N) is 2. The van der Waals surface area contributed by atoms with E-state index in [4.69, 9.17) is 0 Å². The molecule has 0 atom stereocenters. The van der Waals surface area contributed by atoms with E-state index in [0.29, 0.717) is 5.57 Å². The van der Waals surface area contributed by atoms with Crippen LogP contribution in [0.25, 0.3) is 22.4 Å². The summed E-state index contributed by atoms with van der Waals surface area (Å²) >= 11 is 0. The molecule has 2 aromatic carbocycles. The molecule has 3 rings (SSSR count). The van der Waals surface area contributed by atoms with Crippen molar-refractivity contribution in [2.24, 2.45) is 0 Å². The first-order chi connectivity index (χ1) is 10.5. The van der Waals surface area contributed by atoms with Crippen molar-refractivity contribution >= 4 is 22.6 Å². The Morgan fingerprint density at radius 1 is 1.18 bits per heavy atom. The summed E-state index contributed by atoms with van der Waals surface area (Å²) in [4.78, 5) is 19.5. The number of benzene rings is 2. The third kappa shape index (κ3) is 2.76. The molecule has 3 aromatic rings. The summed E-state index contributed by atoms with van der Waals surface area (Å²) in [6.45, 7) is 7.36. The second kappa shape index (κ2) is 5.48. The Labute approximate surface area is 128 Å². The highest BCUT2D eigenvalue weighted by molar-refractivity contribution is 6.02. The number of aromatic amines is 1. The lowest BCUT2D eigenvalue weighted by Gasteiger charge is -2.05. The summed E-state index contributed by atoms with van der Waals surface area (Å²) in [6.07, 6.45) is 0. The molecule has 22 heavy (non-hydrogen) atoms. The number of aryl methyl sites for hydroxylation is 1. The maximum absolute atomic E-state index is 11.6. The zero-order valence-corrected chi connectivity index (χ0v) is 12.6. The Kier molecular flexibility index (Phi) is 3.51. The number of rotatable bonds is 3. The molecule has 4 nitrogen and oxygen atoms in total. The van der Waals surface area contributed by atoms with E-state index in [1.54, 1.807) is 6.92 Å². The number of hydrogen-bond donors (Lipinski definition) is 2.